The van der Waals surface area contributed by atoms with E-state index in [1.54, 1.807) is 13.8 Å². The third-order valence-electron chi connectivity index (χ3n) is 4.45. The summed E-state index contributed by atoms with van der Waals surface area (Å²) in [4.78, 5) is 25.7. The summed E-state index contributed by atoms with van der Waals surface area (Å²) in [5.74, 6) is -0.422. The summed E-state index contributed by atoms with van der Waals surface area (Å²) in [5.41, 5.74) is 5.85. The number of nitrogens with one attached hydrogen (secondary N) is 2. The highest BCUT2D eigenvalue weighted by Gasteiger charge is 2.26. The number of likely N-dealkylation sites (tertiary alicyclic amines) is 1. The molecule has 6 heteroatoms. The number of primary amides is 1. The number of benzene rings is 1. The Hall–Kier alpha value is -2.08. The van der Waals surface area contributed by atoms with Gasteiger partial charge in [-0.1, -0.05) is 30.3 Å². The number of carbonyl (C=O) groups excluding carboxylic acids is 2. The average Bonchev–Trinajstić information content (AvgIpc) is 2.54. The third kappa shape index (κ3) is 5.53. The first kappa shape index (κ1) is 18.3. The molecule has 0 saturated carbocycles. The maximum Gasteiger partial charge on any atom is 0.315 e. The highest BCUT2D eigenvalue weighted by atomic mass is 16.2. The molecule has 24 heavy (non-hydrogen) atoms. The Kier molecular flexibility index (Phi) is 6.20. The van der Waals surface area contributed by atoms with E-state index in [4.69, 9.17) is 5.73 Å². The van der Waals surface area contributed by atoms with Crippen molar-refractivity contribution in [2.45, 2.75) is 39.3 Å². The van der Waals surface area contributed by atoms with Gasteiger partial charge in [0.15, 0.2) is 0 Å². The monoisotopic (exact) mass is 332 g/mol. The molecule has 0 bridgehead atoms. The Morgan fingerprint density at radius 3 is 2.67 bits per heavy atom. The molecule has 0 radical (unpaired) electrons. The van der Waals surface area contributed by atoms with Gasteiger partial charge in [0.25, 0.3) is 0 Å². The first-order chi connectivity index (χ1) is 11.4. The van der Waals surface area contributed by atoms with Crippen LogP contribution in [0.4, 0.5) is 4.79 Å². The minimum Gasteiger partial charge on any atom is -0.369 e. The molecule has 6 nitrogen and oxygen atoms in total. The van der Waals surface area contributed by atoms with Crippen LogP contribution in [0.5, 0.6) is 0 Å². The van der Waals surface area contributed by atoms with Crippen molar-refractivity contribution in [3.8, 4) is 0 Å². The quantitative estimate of drug-likeness (QED) is 0.737. The van der Waals surface area contributed by atoms with E-state index < -0.39 is 11.3 Å². The average molecular weight is 332 g/mol. The van der Waals surface area contributed by atoms with Gasteiger partial charge >= 0.3 is 6.03 Å². The van der Waals surface area contributed by atoms with Crippen molar-refractivity contribution >= 4 is 11.9 Å². The molecule has 4 N–H and O–H groups in total. The van der Waals surface area contributed by atoms with E-state index in [1.165, 1.54) is 5.56 Å². The maximum atomic E-state index is 12.1. The van der Waals surface area contributed by atoms with Gasteiger partial charge in [0.1, 0.15) is 0 Å². The van der Waals surface area contributed by atoms with Crippen LogP contribution in [0.2, 0.25) is 0 Å². The molecule has 1 aliphatic rings. The summed E-state index contributed by atoms with van der Waals surface area (Å²) in [5, 5.41) is 5.75. The van der Waals surface area contributed by atoms with E-state index >= 15 is 0 Å². The van der Waals surface area contributed by atoms with Crippen molar-refractivity contribution in [2.24, 2.45) is 11.1 Å². The molecule has 1 aliphatic heterocycles. The minimum absolute atomic E-state index is 0.124. The van der Waals surface area contributed by atoms with E-state index in [2.05, 4.69) is 27.7 Å². The van der Waals surface area contributed by atoms with Gasteiger partial charge in [0.05, 0.1) is 5.41 Å². The van der Waals surface area contributed by atoms with E-state index in [-0.39, 0.29) is 18.6 Å². The van der Waals surface area contributed by atoms with Crippen LogP contribution in [0.1, 0.15) is 32.3 Å². The molecule has 1 heterocycles. The van der Waals surface area contributed by atoms with E-state index in [0.29, 0.717) is 0 Å². The Labute approximate surface area is 143 Å². The number of carbonyl (C=O) groups is 2. The Bertz CT molecular complexity index is 559. The van der Waals surface area contributed by atoms with Crippen molar-refractivity contribution in [1.82, 2.24) is 15.5 Å². The lowest BCUT2D eigenvalue weighted by Crippen LogP contribution is -2.52. The lowest BCUT2D eigenvalue weighted by atomic mass is 9.93. The predicted octanol–water partition coefficient (Wildman–Crippen LogP) is 1.46. The van der Waals surface area contributed by atoms with Gasteiger partial charge in [0, 0.05) is 25.7 Å². The van der Waals surface area contributed by atoms with Crippen LogP contribution < -0.4 is 16.4 Å². The van der Waals surface area contributed by atoms with Gasteiger partial charge in [-0.3, -0.25) is 9.69 Å². The van der Waals surface area contributed by atoms with Crippen LogP contribution in [0.3, 0.4) is 0 Å². The molecule has 0 spiro atoms. The second-order valence-electron chi connectivity index (χ2n) is 7.14. The SMILES string of the molecule is CC(C)(CNC(=O)NC1CCCN(Cc2ccccc2)C1)C(N)=O. The zero-order valence-corrected chi connectivity index (χ0v) is 14.5. The molecule has 1 aromatic carbocycles. The van der Waals surface area contributed by atoms with Crippen LogP contribution in [0.15, 0.2) is 30.3 Å². The van der Waals surface area contributed by atoms with E-state index in [1.807, 2.05) is 18.2 Å². The van der Waals surface area contributed by atoms with Crippen LogP contribution in [-0.4, -0.2) is 42.5 Å². The van der Waals surface area contributed by atoms with Crippen molar-refractivity contribution in [3.05, 3.63) is 35.9 Å². The van der Waals surface area contributed by atoms with Crippen LogP contribution in [-0.2, 0) is 11.3 Å². The van der Waals surface area contributed by atoms with E-state index in [9.17, 15) is 9.59 Å². The molecule has 1 saturated heterocycles. The van der Waals surface area contributed by atoms with Gasteiger partial charge in [-0.25, -0.2) is 4.79 Å². The normalized spacial score (nSPS) is 18.8. The summed E-state index contributed by atoms with van der Waals surface area (Å²) in [6, 6.07) is 10.2. The minimum atomic E-state index is -0.747. The summed E-state index contributed by atoms with van der Waals surface area (Å²) >= 11 is 0. The smallest absolute Gasteiger partial charge is 0.315 e. The van der Waals surface area contributed by atoms with Gasteiger partial charge in [0.2, 0.25) is 5.91 Å². The molecule has 1 unspecified atom stereocenters. The molecule has 0 aromatic heterocycles. The van der Waals surface area contributed by atoms with Gasteiger partial charge < -0.3 is 16.4 Å². The predicted molar refractivity (Wildman–Crippen MR) is 94.3 cm³/mol. The molecule has 1 aromatic rings. The number of hydrogen-bond acceptors (Lipinski definition) is 3. The highest BCUT2D eigenvalue weighted by molar-refractivity contribution is 5.81. The fourth-order valence-corrected chi connectivity index (χ4v) is 2.78. The molecular weight excluding hydrogens is 304 g/mol. The summed E-state index contributed by atoms with van der Waals surface area (Å²) in [7, 11) is 0. The molecule has 0 aliphatic carbocycles. The number of nitrogens with two attached hydrogens (primary N) is 1. The number of urea groups is 1. The lowest BCUT2D eigenvalue weighted by molar-refractivity contribution is -0.125. The molecule has 1 fully saturated rings. The highest BCUT2D eigenvalue weighted by Crippen LogP contribution is 2.14. The van der Waals surface area contributed by atoms with E-state index in [0.717, 1.165) is 32.5 Å². The molecular formula is C18H28N4O2. The van der Waals surface area contributed by atoms with Crippen LogP contribution in [0, 0.1) is 5.41 Å². The van der Waals surface area contributed by atoms with Crippen LogP contribution >= 0.6 is 0 Å². The standard InChI is InChI=1S/C18H28N4O2/c1-18(2,16(19)23)13-20-17(24)21-15-9-6-10-22(12-15)11-14-7-4-3-5-8-14/h3-5,7-8,15H,6,9-13H2,1-2H3,(H2,19,23)(H2,20,21,24). The lowest BCUT2D eigenvalue weighted by Gasteiger charge is -2.33. The fourth-order valence-electron chi connectivity index (χ4n) is 2.78. The zero-order valence-electron chi connectivity index (χ0n) is 14.5. The molecule has 3 amide bonds. The number of piperidine rings is 1. The van der Waals surface area contributed by atoms with Crippen molar-refractivity contribution in [3.63, 3.8) is 0 Å². The second kappa shape index (κ2) is 8.15. The first-order valence-corrected chi connectivity index (χ1v) is 8.47. The fraction of sp³-hybridized carbons (Fsp3) is 0.556. The summed E-state index contributed by atoms with van der Waals surface area (Å²) in [6.07, 6.45) is 2.03. The Morgan fingerprint density at radius 1 is 1.29 bits per heavy atom. The second-order valence-corrected chi connectivity index (χ2v) is 7.14. The number of hydrogen-bond donors (Lipinski definition) is 3. The molecule has 2 rings (SSSR count). The van der Waals surface area contributed by atoms with Crippen molar-refractivity contribution in [2.75, 3.05) is 19.6 Å². The number of nitrogens with zero attached hydrogens (tertiary/aromatic N) is 1. The summed E-state index contributed by atoms with van der Waals surface area (Å²) in [6.45, 7) is 6.45. The van der Waals surface area contributed by atoms with Gasteiger partial charge in [-0.2, -0.15) is 0 Å². The number of amides is 3. The Morgan fingerprint density at radius 2 is 2.00 bits per heavy atom. The van der Waals surface area contributed by atoms with Gasteiger partial charge in [-0.15, -0.1) is 0 Å². The Balaban J connectivity index is 1.78. The van der Waals surface area contributed by atoms with Crippen molar-refractivity contribution < 1.29 is 9.59 Å². The zero-order chi connectivity index (χ0) is 17.6. The maximum absolute atomic E-state index is 12.1. The first-order valence-electron chi connectivity index (χ1n) is 8.47. The third-order valence-corrected chi connectivity index (χ3v) is 4.45. The largest absolute Gasteiger partial charge is 0.369 e. The van der Waals surface area contributed by atoms with Crippen molar-refractivity contribution in [1.29, 1.82) is 0 Å². The van der Waals surface area contributed by atoms with Crippen LogP contribution in [0.25, 0.3) is 0 Å². The molecule has 132 valence electrons. The number of rotatable bonds is 6. The summed E-state index contributed by atoms with van der Waals surface area (Å²) < 4.78 is 0. The topological polar surface area (TPSA) is 87.5 Å². The molecule has 1 atom stereocenters. The van der Waals surface area contributed by atoms with Gasteiger partial charge in [-0.05, 0) is 38.8 Å².